The first-order chi connectivity index (χ1) is 11.0. The lowest BCUT2D eigenvalue weighted by Gasteiger charge is -2.35. The molecule has 1 N–H and O–H groups in total. The van der Waals surface area contributed by atoms with Crippen molar-refractivity contribution in [1.82, 2.24) is 4.90 Å². The van der Waals surface area contributed by atoms with Crippen LogP contribution in [0.3, 0.4) is 0 Å². The first kappa shape index (κ1) is 16.0. The zero-order chi connectivity index (χ0) is 16.4. The van der Waals surface area contributed by atoms with Gasteiger partial charge in [0.25, 0.3) is 0 Å². The highest BCUT2D eigenvalue weighted by atomic mass is 32.1. The molecule has 2 aromatic carbocycles. The van der Waals surface area contributed by atoms with Crippen LogP contribution in [0.15, 0.2) is 42.5 Å². The molecule has 3 heteroatoms. The van der Waals surface area contributed by atoms with E-state index in [1.807, 2.05) is 0 Å². The van der Waals surface area contributed by atoms with E-state index in [-0.39, 0.29) is 0 Å². The van der Waals surface area contributed by atoms with Crippen LogP contribution in [0.4, 0.5) is 5.69 Å². The van der Waals surface area contributed by atoms with E-state index in [4.69, 9.17) is 12.2 Å². The molecule has 0 spiro atoms. The quantitative estimate of drug-likeness (QED) is 0.782. The summed E-state index contributed by atoms with van der Waals surface area (Å²) in [7, 11) is 2.10. The van der Waals surface area contributed by atoms with Crippen LogP contribution < -0.4 is 5.32 Å². The Kier molecular flexibility index (Phi) is 4.67. The Morgan fingerprint density at radius 3 is 2.57 bits per heavy atom. The second-order valence-corrected chi connectivity index (χ2v) is 6.91. The average molecular weight is 324 g/mol. The molecule has 1 aliphatic rings. The van der Waals surface area contributed by atoms with Crippen molar-refractivity contribution in [2.45, 2.75) is 39.2 Å². The van der Waals surface area contributed by atoms with Gasteiger partial charge in [-0.1, -0.05) is 30.3 Å². The largest absolute Gasteiger partial charge is 0.345 e. The topological polar surface area (TPSA) is 15.3 Å². The maximum atomic E-state index is 5.67. The number of anilines is 1. The number of benzene rings is 2. The van der Waals surface area contributed by atoms with Crippen LogP contribution in [-0.4, -0.2) is 17.1 Å². The molecule has 0 saturated carbocycles. The van der Waals surface area contributed by atoms with E-state index in [1.54, 1.807) is 0 Å². The summed E-state index contributed by atoms with van der Waals surface area (Å²) in [6, 6.07) is 15.6. The van der Waals surface area contributed by atoms with Gasteiger partial charge < -0.3 is 10.2 Å². The van der Waals surface area contributed by atoms with Crippen LogP contribution in [0.2, 0.25) is 0 Å². The molecule has 2 nitrogen and oxygen atoms in total. The Labute approximate surface area is 144 Å². The number of aryl methyl sites for hydroxylation is 3. The molecule has 2 aromatic rings. The molecule has 3 rings (SSSR count). The van der Waals surface area contributed by atoms with Crippen molar-refractivity contribution in [3.63, 3.8) is 0 Å². The summed E-state index contributed by atoms with van der Waals surface area (Å²) in [6.45, 7) is 4.23. The lowest BCUT2D eigenvalue weighted by molar-refractivity contribution is 0.336. The Hall–Kier alpha value is -1.87. The van der Waals surface area contributed by atoms with Gasteiger partial charge >= 0.3 is 0 Å². The van der Waals surface area contributed by atoms with Crippen LogP contribution >= 0.6 is 12.2 Å². The number of rotatable bonds is 2. The van der Waals surface area contributed by atoms with Gasteiger partial charge in [-0.15, -0.1) is 0 Å². The molecule has 0 fully saturated rings. The predicted octanol–water partition coefficient (Wildman–Crippen LogP) is 5.01. The lowest BCUT2D eigenvalue weighted by atomic mass is 9.87. The maximum absolute atomic E-state index is 5.67. The molecule has 1 aliphatic carbocycles. The predicted molar refractivity (Wildman–Crippen MR) is 102 cm³/mol. The third-order valence-corrected chi connectivity index (χ3v) is 4.99. The summed E-state index contributed by atoms with van der Waals surface area (Å²) in [4.78, 5) is 2.21. The van der Waals surface area contributed by atoms with Crippen molar-refractivity contribution in [3.8, 4) is 0 Å². The monoisotopic (exact) mass is 324 g/mol. The van der Waals surface area contributed by atoms with Gasteiger partial charge in [-0.25, -0.2) is 0 Å². The Bertz CT molecular complexity index is 703. The van der Waals surface area contributed by atoms with Crippen molar-refractivity contribution < 1.29 is 0 Å². The fourth-order valence-corrected chi connectivity index (χ4v) is 3.78. The lowest BCUT2D eigenvalue weighted by Crippen LogP contribution is -2.36. The van der Waals surface area contributed by atoms with Gasteiger partial charge in [0.05, 0.1) is 6.04 Å². The van der Waals surface area contributed by atoms with Crippen molar-refractivity contribution in [1.29, 1.82) is 0 Å². The fraction of sp³-hybridized carbons (Fsp3) is 0.350. The van der Waals surface area contributed by atoms with E-state index >= 15 is 0 Å². The normalized spacial score (nSPS) is 16.6. The van der Waals surface area contributed by atoms with Gasteiger partial charge in [-0.05, 0) is 79.7 Å². The Morgan fingerprint density at radius 2 is 1.83 bits per heavy atom. The van der Waals surface area contributed by atoms with Gasteiger partial charge in [-0.3, -0.25) is 0 Å². The molecule has 120 valence electrons. The number of hydrogen-bond acceptors (Lipinski definition) is 1. The van der Waals surface area contributed by atoms with Gasteiger partial charge in [0.15, 0.2) is 5.11 Å². The molecule has 0 bridgehead atoms. The molecule has 0 amide bonds. The highest BCUT2D eigenvalue weighted by Crippen LogP contribution is 2.33. The summed E-state index contributed by atoms with van der Waals surface area (Å²) in [5.41, 5.74) is 6.46. The molecule has 1 atom stereocenters. The van der Waals surface area contributed by atoms with Gasteiger partial charge in [-0.2, -0.15) is 0 Å². The minimum Gasteiger partial charge on any atom is -0.345 e. The standard InChI is InChI=1S/C20H24N2S/c1-14-11-15(2)13-17(12-14)21-20(23)22(3)19-10-6-8-16-7-4-5-9-18(16)19/h4-5,7,9,11-13,19H,6,8,10H2,1-3H3,(H,21,23)/t19-/m0/s1. The maximum Gasteiger partial charge on any atom is 0.173 e. The molecule has 23 heavy (non-hydrogen) atoms. The molecular weight excluding hydrogens is 300 g/mol. The fourth-order valence-electron chi connectivity index (χ4n) is 3.53. The first-order valence-corrected chi connectivity index (χ1v) is 8.65. The average Bonchev–Trinajstić information content (AvgIpc) is 2.52. The van der Waals surface area contributed by atoms with E-state index < -0.39 is 0 Å². The third-order valence-electron chi connectivity index (χ3n) is 4.60. The molecule has 0 aliphatic heterocycles. The van der Waals surface area contributed by atoms with E-state index in [0.29, 0.717) is 6.04 Å². The van der Waals surface area contributed by atoms with Crippen LogP contribution in [0.25, 0.3) is 0 Å². The molecule has 0 unspecified atom stereocenters. The van der Waals surface area contributed by atoms with Crippen LogP contribution in [-0.2, 0) is 6.42 Å². The van der Waals surface area contributed by atoms with Crippen LogP contribution in [0.1, 0.15) is 41.1 Å². The second kappa shape index (κ2) is 6.71. The van der Waals surface area contributed by atoms with E-state index in [2.05, 4.69) is 73.6 Å². The SMILES string of the molecule is Cc1cc(C)cc(NC(=S)N(C)[C@H]2CCCc3ccccc32)c1. The molecule has 0 aromatic heterocycles. The number of hydrogen-bond donors (Lipinski definition) is 1. The Morgan fingerprint density at radius 1 is 1.13 bits per heavy atom. The van der Waals surface area contributed by atoms with Crippen molar-refractivity contribution in [2.75, 3.05) is 12.4 Å². The van der Waals surface area contributed by atoms with Gasteiger partial charge in [0, 0.05) is 12.7 Å². The molecule has 0 saturated heterocycles. The highest BCUT2D eigenvalue weighted by molar-refractivity contribution is 7.80. The van der Waals surface area contributed by atoms with Gasteiger partial charge in [0.2, 0.25) is 0 Å². The zero-order valence-electron chi connectivity index (χ0n) is 14.1. The summed E-state index contributed by atoms with van der Waals surface area (Å²) in [5.74, 6) is 0. The van der Waals surface area contributed by atoms with E-state index in [0.717, 1.165) is 17.2 Å². The second-order valence-electron chi connectivity index (χ2n) is 6.52. The number of fused-ring (bicyclic) bond motifs is 1. The summed E-state index contributed by atoms with van der Waals surface area (Å²) >= 11 is 5.67. The van der Waals surface area contributed by atoms with E-state index in [9.17, 15) is 0 Å². The van der Waals surface area contributed by atoms with Crippen LogP contribution in [0.5, 0.6) is 0 Å². The third kappa shape index (κ3) is 3.56. The zero-order valence-corrected chi connectivity index (χ0v) is 14.9. The smallest absolute Gasteiger partial charge is 0.173 e. The minimum absolute atomic E-state index is 0.367. The molecule has 0 radical (unpaired) electrons. The molecular formula is C20H24N2S. The summed E-state index contributed by atoms with van der Waals surface area (Å²) in [6.07, 6.45) is 3.55. The number of thiocarbonyl (C=S) groups is 1. The van der Waals surface area contributed by atoms with Crippen molar-refractivity contribution in [2.24, 2.45) is 0 Å². The minimum atomic E-state index is 0.367. The first-order valence-electron chi connectivity index (χ1n) is 8.24. The van der Waals surface area contributed by atoms with Crippen molar-refractivity contribution in [3.05, 3.63) is 64.7 Å². The number of nitrogens with one attached hydrogen (secondary N) is 1. The highest BCUT2D eigenvalue weighted by Gasteiger charge is 2.24. The summed E-state index contributed by atoms with van der Waals surface area (Å²) < 4.78 is 0. The number of nitrogens with zero attached hydrogens (tertiary/aromatic N) is 1. The van der Waals surface area contributed by atoms with E-state index in [1.165, 1.54) is 35.1 Å². The molecule has 0 heterocycles. The van der Waals surface area contributed by atoms with Crippen molar-refractivity contribution >= 4 is 23.0 Å². The Balaban J connectivity index is 1.78. The van der Waals surface area contributed by atoms with Crippen LogP contribution in [0, 0.1) is 13.8 Å². The van der Waals surface area contributed by atoms with Gasteiger partial charge in [0.1, 0.15) is 0 Å². The summed E-state index contributed by atoms with van der Waals surface area (Å²) in [5, 5.41) is 4.20.